The Labute approximate surface area is 380 Å². The molecule has 0 aliphatic heterocycles. The van der Waals surface area contributed by atoms with Gasteiger partial charge in [0.05, 0.1) is 4.90 Å². The van der Waals surface area contributed by atoms with E-state index < -0.39 is 18.4 Å². The zero-order chi connectivity index (χ0) is 45.6. The van der Waals surface area contributed by atoms with Crippen LogP contribution in [-0.2, 0) is 9.84 Å². The monoisotopic (exact) mass is 886 g/mol. The first kappa shape index (κ1) is 48.1. The van der Waals surface area contributed by atoms with Gasteiger partial charge in [-0.25, -0.2) is 8.42 Å². The van der Waals surface area contributed by atoms with Gasteiger partial charge in [0.2, 0.25) is 9.84 Å². The first-order valence-corrected chi connectivity index (χ1v) is 26.2. The molecule has 6 rings (SSSR count). The Balaban J connectivity index is 1.60. The number of sulfone groups is 1. The van der Waals surface area contributed by atoms with E-state index in [2.05, 4.69) is 132 Å². The molecular formula is C56H71O5PS. The summed E-state index contributed by atoms with van der Waals surface area (Å²) in [5.74, 6) is 3.44. The molecule has 7 heteroatoms. The molecule has 0 N–H and O–H groups in total. The number of rotatable bonds is 20. The van der Waals surface area contributed by atoms with Crippen LogP contribution in [0.4, 0.5) is 0 Å². The molecule has 6 unspecified atom stereocenters. The van der Waals surface area contributed by atoms with Gasteiger partial charge in [0.1, 0.15) is 22.1 Å². The molecule has 0 heterocycles. The van der Waals surface area contributed by atoms with Crippen molar-refractivity contribution in [2.24, 2.45) is 0 Å². The molecule has 0 aromatic heterocycles. The second-order valence-corrected chi connectivity index (χ2v) is 21.0. The molecule has 0 fully saturated rings. The average molecular weight is 887 g/mol. The lowest BCUT2D eigenvalue weighted by Crippen LogP contribution is -2.10. The summed E-state index contributed by atoms with van der Waals surface area (Å²) in [5.41, 5.74) is 7.47. The largest absolute Gasteiger partial charge is 0.530 e. The Bertz CT molecular complexity index is 2480. The lowest BCUT2D eigenvalue weighted by Gasteiger charge is -2.26. The van der Waals surface area contributed by atoms with E-state index in [1.54, 1.807) is 48.5 Å². The lowest BCUT2D eigenvalue weighted by atomic mass is 9.85. The fourth-order valence-electron chi connectivity index (χ4n) is 8.36. The van der Waals surface area contributed by atoms with Crippen LogP contribution in [0.15, 0.2) is 113 Å². The minimum Gasteiger partial charge on any atom is -0.408 e. The molecule has 0 bridgehead atoms. The summed E-state index contributed by atoms with van der Waals surface area (Å²) in [4.78, 5) is 0.253. The van der Waals surface area contributed by atoms with E-state index in [0.29, 0.717) is 35.2 Å². The molecule has 6 atom stereocenters. The maximum atomic E-state index is 14.3. The van der Waals surface area contributed by atoms with Gasteiger partial charge in [0.25, 0.3) is 0 Å². The van der Waals surface area contributed by atoms with Crippen LogP contribution < -0.4 is 13.6 Å². The smallest absolute Gasteiger partial charge is 0.408 e. The summed E-state index contributed by atoms with van der Waals surface area (Å²) < 4.78 is 49.9. The SMILES string of the molecule is CCC(C)c1cc(C(C)CC)c2cc(OP(Oc3cc4c(C(C)CC)cc(C(C)CC)cc4cc3C(C)CC)Oc3ccccc3S(=O)(=O)c3ccccc3)c(C(C)CC)cc2c1. The molecule has 0 saturated carbocycles. The van der Waals surface area contributed by atoms with E-state index in [9.17, 15) is 8.42 Å². The Morgan fingerprint density at radius 3 is 1.24 bits per heavy atom. The van der Waals surface area contributed by atoms with Crippen molar-refractivity contribution < 1.29 is 22.0 Å². The molecule has 6 aromatic rings. The minimum atomic E-state index is -3.96. The fraction of sp³-hybridized carbons (Fsp3) is 0.429. The van der Waals surface area contributed by atoms with Crippen LogP contribution in [-0.4, -0.2) is 8.42 Å². The molecule has 0 saturated heterocycles. The summed E-state index contributed by atoms with van der Waals surface area (Å²) in [6.45, 7) is 27.1. The van der Waals surface area contributed by atoms with Gasteiger partial charge < -0.3 is 13.6 Å². The number of para-hydroxylation sites is 1. The van der Waals surface area contributed by atoms with Crippen molar-refractivity contribution in [1.29, 1.82) is 0 Å². The van der Waals surface area contributed by atoms with Crippen molar-refractivity contribution in [3.05, 3.63) is 137 Å². The third kappa shape index (κ3) is 10.4. The van der Waals surface area contributed by atoms with E-state index >= 15 is 0 Å². The van der Waals surface area contributed by atoms with Crippen molar-refractivity contribution in [2.45, 2.75) is 167 Å². The minimum absolute atomic E-state index is 0.0606. The van der Waals surface area contributed by atoms with Gasteiger partial charge in [-0.15, -0.1) is 0 Å². The van der Waals surface area contributed by atoms with Crippen LogP contribution in [0.3, 0.4) is 0 Å². The standard InChI is InChI=1S/C56H71O5PS/c1-13-36(7)42-28-44-32-49(40(11)17-5)54(34-51(44)47(30-42)38(9)15-3)60-62(59-53-26-22-23-27-56(53)63(57,58)46-24-20-19-21-25-46)61-55-35-52-45(33-50(55)41(12)18-6)29-43(37(8)14-2)31-48(52)39(10)16-4/h19-41H,13-18H2,1-12H3. The highest BCUT2D eigenvalue weighted by Gasteiger charge is 2.31. The fourth-order valence-corrected chi connectivity index (χ4v) is 10.9. The molecular weight excluding hydrogens is 816 g/mol. The van der Waals surface area contributed by atoms with Crippen molar-refractivity contribution in [3.8, 4) is 17.2 Å². The van der Waals surface area contributed by atoms with Crippen molar-refractivity contribution in [1.82, 2.24) is 0 Å². The van der Waals surface area contributed by atoms with Crippen LogP contribution >= 0.6 is 8.60 Å². The molecule has 0 spiro atoms. The second-order valence-electron chi connectivity index (χ2n) is 18.1. The van der Waals surface area contributed by atoms with E-state index in [1.807, 2.05) is 6.07 Å². The van der Waals surface area contributed by atoms with E-state index in [0.717, 1.165) is 60.4 Å². The molecule has 63 heavy (non-hydrogen) atoms. The van der Waals surface area contributed by atoms with Crippen LogP contribution in [0, 0.1) is 0 Å². The van der Waals surface area contributed by atoms with Crippen LogP contribution in [0.5, 0.6) is 17.2 Å². The Kier molecular flexibility index (Phi) is 16.1. The number of benzene rings is 6. The molecule has 336 valence electrons. The Morgan fingerprint density at radius 2 is 0.810 bits per heavy atom. The topological polar surface area (TPSA) is 61.8 Å². The predicted molar refractivity (Wildman–Crippen MR) is 267 cm³/mol. The van der Waals surface area contributed by atoms with Gasteiger partial charge in [-0.2, -0.15) is 0 Å². The van der Waals surface area contributed by atoms with Gasteiger partial charge in [0, 0.05) is 0 Å². The molecule has 0 aliphatic carbocycles. The summed E-state index contributed by atoms with van der Waals surface area (Å²) in [6, 6.07) is 33.9. The molecule has 0 aliphatic rings. The zero-order valence-corrected chi connectivity index (χ0v) is 41.6. The average Bonchev–Trinajstić information content (AvgIpc) is 3.31. The summed E-state index contributed by atoms with van der Waals surface area (Å²) >= 11 is 0. The summed E-state index contributed by atoms with van der Waals surface area (Å²) in [5, 5.41) is 4.72. The Morgan fingerprint density at radius 1 is 0.429 bits per heavy atom. The van der Waals surface area contributed by atoms with Gasteiger partial charge in [0.15, 0.2) is 0 Å². The van der Waals surface area contributed by atoms with Crippen molar-refractivity contribution in [3.63, 3.8) is 0 Å². The van der Waals surface area contributed by atoms with Gasteiger partial charge >= 0.3 is 8.60 Å². The third-order valence-electron chi connectivity index (χ3n) is 13.9. The summed E-state index contributed by atoms with van der Waals surface area (Å²) in [7, 11) is -6.24. The van der Waals surface area contributed by atoms with Crippen LogP contribution in [0.25, 0.3) is 21.5 Å². The highest BCUT2D eigenvalue weighted by atomic mass is 32.2. The normalized spacial score (nSPS) is 15.4. The van der Waals surface area contributed by atoms with E-state index in [1.165, 1.54) is 33.0 Å². The van der Waals surface area contributed by atoms with Crippen LogP contribution in [0.1, 0.15) is 190 Å². The lowest BCUT2D eigenvalue weighted by molar-refractivity contribution is 0.379. The molecule has 0 radical (unpaired) electrons. The maximum Gasteiger partial charge on any atom is 0.530 e. The maximum absolute atomic E-state index is 14.3. The second kappa shape index (κ2) is 21.1. The van der Waals surface area contributed by atoms with Gasteiger partial charge in [-0.05, 0) is 177 Å². The van der Waals surface area contributed by atoms with E-state index in [-0.39, 0.29) is 27.4 Å². The molecule has 6 aromatic carbocycles. The van der Waals surface area contributed by atoms with Crippen molar-refractivity contribution >= 4 is 40.0 Å². The quantitative estimate of drug-likeness (QED) is 0.0715. The highest BCUT2D eigenvalue weighted by molar-refractivity contribution is 7.91. The first-order chi connectivity index (χ1) is 30.2. The summed E-state index contributed by atoms with van der Waals surface area (Å²) in [6.07, 6.45) is 5.95. The first-order valence-electron chi connectivity index (χ1n) is 23.6. The predicted octanol–water partition coefficient (Wildman–Crippen LogP) is 17.7. The molecule has 0 amide bonds. The number of hydrogen-bond acceptors (Lipinski definition) is 5. The van der Waals surface area contributed by atoms with Gasteiger partial charge in [-0.1, -0.05) is 138 Å². The molecule has 5 nitrogen and oxygen atoms in total. The Hall–Kier alpha value is -4.38. The number of hydrogen-bond donors (Lipinski definition) is 0. The number of fused-ring (bicyclic) bond motifs is 2. The zero-order valence-electron chi connectivity index (χ0n) is 39.9. The van der Waals surface area contributed by atoms with E-state index in [4.69, 9.17) is 13.6 Å². The third-order valence-corrected chi connectivity index (χ3v) is 16.8. The highest BCUT2D eigenvalue weighted by Crippen LogP contribution is 2.51. The van der Waals surface area contributed by atoms with Crippen LogP contribution in [0.2, 0.25) is 0 Å². The van der Waals surface area contributed by atoms with Gasteiger partial charge in [-0.3, -0.25) is 0 Å². The van der Waals surface area contributed by atoms with Crippen molar-refractivity contribution in [2.75, 3.05) is 0 Å².